The molecule has 0 saturated heterocycles. The number of halogens is 1. The Morgan fingerprint density at radius 2 is 1.92 bits per heavy atom. The molecule has 1 aromatic heterocycles. The van der Waals surface area contributed by atoms with Gasteiger partial charge < -0.3 is 10.6 Å². The van der Waals surface area contributed by atoms with Gasteiger partial charge in [-0.05, 0) is 42.7 Å². The van der Waals surface area contributed by atoms with Crippen molar-refractivity contribution in [3.63, 3.8) is 0 Å². The number of hydrogen-bond donors (Lipinski definition) is 2. The molecule has 1 heterocycles. The van der Waals surface area contributed by atoms with Gasteiger partial charge in [0.1, 0.15) is 0 Å². The van der Waals surface area contributed by atoms with Crippen molar-refractivity contribution < 1.29 is 9.59 Å². The molecular formula is C18H21ClN2O2S. The van der Waals surface area contributed by atoms with Crippen molar-refractivity contribution >= 4 is 46.1 Å². The van der Waals surface area contributed by atoms with Crippen LogP contribution in [0.5, 0.6) is 0 Å². The molecule has 2 N–H and O–H groups in total. The summed E-state index contributed by atoms with van der Waals surface area (Å²) >= 11 is 7.74. The maximum absolute atomic E-state index is 12.5. The van der Waals surface area contributed by atoms with E-state index in [1.165, 1.54) is 17.4 Å². The first-order valence-corrected chi connectivity index (χ1v) is 9.14. The molecule has 2 rings (SSSR count). The summed E-state index contributed by atoms with van der Waals surface area (Å²) in [4.78, 5) is 25.5. The third-order valence-electron chi connectivity index (χ3n) is 3.52. The normalized spacial score (nSPS) is 10.5. The van der Waals surface area contributed by atoms with Crippen LogP contribution in [0.25, 0.3) is 0 Å². The van der Waals surface area contributed by atoms with E-state index in [0.717, 1.165) is 19.3 Å². The standard InChI is InChI=1S/C18H21ClN2O2S/c1-4-6-16-12(5-2)9-17(24-16)18(23)21-15-8-7-13(10-14(15)19)20-11(3)22/h7-10H,4-6H2,1-3H3,(H,20,22)(H,21,23). The Hall–Kier alpha value is -1.85. The van der Waals surface area contributed by atoms with E-state index in [1.54, 1.807) is 29.5 Å². The summed E-state index contributed by atoms with van der Waals surface area (Å²) in [7, 11) is 0. The summed E-state index contributed by atoms with van der Waals surface area (Å²) in [5.74, 6) is -0.330. The van der Waals surface area contributed by atoms with Crippen molar-refractivity contribution in [2.75, 3.05) is 10.6 Å². The SMILES string of the molecule is CCCc1sc(C(=O)Nc2ccc(NC(C)=O)cc2Cl)cc1CC. The van der Waals surface area contributed by atoms with Crippen LogP contribution in [0.4, 0.5) is 11.4 Å². The van der Waals surface area contributed by atoms with E-state index in [1.807, 2.05) is 6.07 Å². The number of amides is 2. The molecule has 24 heavy (non-hydrogen) atoms. The average Bonchev–Trinajstić information content (AvgIpc) is 2.93. The Kier molecular flexibility index (Phi) is 6.40. The Balaban J connectivity index is 2.16. The molecule has 2 aromatic rings. The molecule has 0 aliphatic rings. The zero-order valence-corrected chi connectivity index (χ0v) is 15.6. The molecule has 0 unspecified atom stereocenters. The second-order valence-corrected chi connectivity index (χ2v) is 7.04. The number of anilines is 2. The lowest BCUT2D eigenvalue weighted by atomic mass is 10.1. The van der Waals surface area contributed by atoms with Crippen LogP contribution < -0.4 is 10.6 Å². The molecule has 0 radical (unpaired) electrons. The van der Waals surface area contributed by atoms with Crippen LogP contribution in [0.3, 0.4) is 0 Å². The molecule has 0 fully saturated rings. The highest BCUT2D eigenvalue weighted by atomic mass is 35.5. The number of nitrogens with one attached hydrogen (secondary N) is 2. The van der Waals surface area contributed by atoms with Gasteiger partial charge in [0.05, 0.1) is 15.6 Å². The summed E-state index contributed by atoms with van der Waals surface area (Å²) in [6, 6.07) is 6.97. The van der Waals surface area contributed by atoms with Gasteiger partial charge >= 0.3 is 0 Å². The second-order valence-electron chi connectivity index (χ2n) is 5.49. The second kappa shape index (κ2) is 8.31. The van der Waals surface area contributed by atoms with E-state index >= 15 is 0 Å². The predicted molar refractivity (Wildman–Crippen MR) is 101 cm³/mol. The molecule has 0 atom stereocenters. The lowest BCUT2D eigenvalue weighted by Crippen LogP contribution is -2.11. The molecule has 0 aliphatic heterocycles. The van der Waals surface area contributed by atoms with Gasteiger partial charge in [-0.1, -0.05) is 31.9 Å². The number of carbonyl (C=O) groups is 2. The highest BCUT2D eigenvalue weighted by Gasteiger charge is 2.15. The van der Waals surface area contributed by atoms with E-state index in [4.69, 9.17) is 11.6 Å². The third kappa shape index (κ3) is 4.58. The Labute approximate surface area is 151 Å². The summed E-state index contributed by atoms with van der Waals surface area (Å²) in [5, 5.41) is 5.88. The van der Waals surface area contributed by atoms with E-state index in [9.17, 15) is 9.59 Å². The van der Waals surface area contributed by atoms with Gasteiger partial charge in [0.15, 0.2) is 0 Å². The number of hydrogen-bond acceptors (Lipinski definition) is 3. The van der Waals surface area contributed by atoms with Crippen LogP contribution in [0.1, 0.15) is 47.3 Å². The summed E-state index contributed by atoms with van der Waals surface area (Å²) in [6.45, 7) is 5.66. The Morgan fingerprint density at radius 1 is 1.17 bits per heavy atom. The zero-order valence-electron chi connectivity index (χ0n) is 14.0. The first kappa shape index (κ1) is 18.5. The van der Waals surface area contributed by atoms with Gasteiger partial charge in [0.2, 0.25) is 5.91 Å². The van der Waals surface area contributed by atoms with Crippen molar-refractivity contribution in [1.29, 1.82) is 0 Å². The van der Waals surface area contributed by atoms with Gasteiger partial charge in [-0.3, -0.25) is 9.59 Å². The fourth-order valence-corrected chi connectivity index (χ4v) is 3.88. The summed E-state index contributed by atoms with van der Waals surface area (Å²) < 4.78 is 0. The monoisotopic (exact) mass is 364 g/mol. The van der Waals surface area contributed by atoms with E-state index < -0.39 is 0 Å². The lowest BCUT2D eigenvalue weighted by Gasteiger charge is -2.08. The maximum atomic E-state index is 12.5. The fourth-order valence-electron chi connectivity index (χ4n) is 2.40. The van der Waals surface area contributed by atoms with E-state index in [0.29, 0.717) is 21.3 Å². The van der Waals surface area contributed by atoms with Crippen molar-refractivity contribution in [3.05, 3.63) is 44.6 Å². The maximum Gasteiger partial charge on any atom is 0.265 e. The van der Waals surface area contributed by atoms with Crippen LogP contribution in [0.2, 0.25) is 5.02 Å². The number of carbonyl (C=O) groups excluding carboxylic acids is 2. The third-order valence-corrected chi connectivity index (χ3v) is 5.06. The lowest BCUT2D eigenvalue weighted by molar-refractivity contribution is -0.114. The van der Waals surface area contributed by atoms with Crippen LogP contribution in [-0.4, -0.2) is 11.8 Å². The smallest absolute Gasteiger partial charge is 0.265 e. The van der Waals surface area contributed by atoms with E-state index in [2.05, 4.69) is 24.5 Å². The van der Waals surface area contributed by atoms with Crippen LogP contribution in [-0.2, 0) is 17.6 Å². The topological polar surface area (TPSA) is 58.2 Å². The minimum absolute atomic E-state index is 0.161. The molecular weight excluding hydrogens is 344 g/mol. The molecule has 0 aliphatic carbocycles. The quantitative estimate of drug-likeness (QED) is 0.746. The van der Waals surface area contributed by atoms with Gasteiger partial charge in [0.25, 0.3) is 5.91 Å². The van der Waals surface area contributed by atoms with Crippen molar-refractivity contribution in [1.82, 2.24) is 0 Å². The molecule has 0 bridgehead atoms. The molecule has 4 nitrogen and oxygen atoms in total. The minimum Gasteiger partial charge on any atom is -0.326 e. The van der Waals surface area contributed by atoms with Crippen LogP contribution in [0, 0.1) is 0 Å². The highest BCUT2D eigenvalue weighted by Crippen LogP contribution is 2.29. The molecule has 0 saturated carbocycles. The van der Waals surface area contributed by atoms with Crippen LogP contribution in [0.15, 0.2) is 24.3 Å². The van der Waals surface area contributed by atoms with Gasteiger partial charge in [-0.15, -0.1) is 11.3 Å². The molecule has 1 aromatic carbocycles. The largest absolute Gasteiger partial charge is 0.326 e. The first-order chi connectivity index (χ1) is 11.4. The summed E-state index contributed by atoms with van der Waals surface area (Å²) in [6.07, 6.45) is 2.98. The van der Waals surface area contributed by atoms with Gasteiger partial charge in [-0.2, -0.15) is 0 Å². The number of rotatable bonds is 6. The Morgan fingerprint density at radius 3 is 2.50 bits per heavy atom. The molecule has 128 valence electrons. The molecule has 6 heteroatoms. The number of benzene rings is 1. The van der Waals surface area contributed by atoms with Gasteiger partial charge in [-0.25, -0.2) is 0 Å². The minimum atomic E-state index is -0.169. The highest BCUT2D eigenvalue weighted by molar-refractivity contribution is 7.14. The van der Waals surface area contributed by atoms with Crippen molar-refractivity contribution in [3.8, 4) is 0 Å². The number of thiophene rings is 1. The van der Waals surface area contributed by atoms with Crippen molar-refractivity contribution in [2.45, 2.75) is 40.0 Å². The zero-order chi connectivity index (χ0) is 17.7. The average molecular weight is 365 g/mol. The molecule has 0 spiro atoms. The van der Waals surface area contributed by atoms with Gasteiger partial charge in [0, 0.05) is 17.5 Å². The van der Waals surface area contributed by atoms with Crippen LogP contribution >= 0.6 is 22.9 Å². The molecule has 2 amide bonds. The summed E-state index contributed by atoms with van der Waals surface area (Å²) in [5.41, 5.74) is 2.36. The fraction of sp³-hybridized carbons (Fsp3) is 0.333. The Bertz CT molecular complexity index is 755. The predicted octanol–water partition coefficient (Wildman–Crippen LogP) is 5.13. The first-order valence-electron chi connectivity index (χ1n) is 7.94. The van der Waals surface area contributed by atoms with Crippen molar-refractivity contribution in [2.24, 2.45) is 0 Å². The number of aryl methyl sites for hydroxylation is 2. The van der Waals surface area contributed by atoms with E-state index in [-0.39, 0.29) is 11.8 Å².